The van der Waals surface area contributed by atoms with Gasteiger partial charge in [0.1, 0.15) is 5.84 Å². The molecule has 0 unspecified atom stereocenters. The van der Waals surface area contributed by atoms with Gasteiger partial charge in [0.05, 0.1) is 0 Å². The van der Waals surface area contributed by atoms with Gasteiger partial charge in [-0.05, 0) is 19.1 Å². The normalized spacial score (nSPS) is 20.4. The second kappa shape index (κ2) is 6.41. The number of piperidine rings is 1. The first-order valence-electron chi connectivity index (χ1n) is 7.86. The Kier molecular flexibility index (Phi) is 4.44. The van der Waals surface area contributed by atoms with Gasteiger partial charge in [-0.15, -0.1) is 17.3 Å². The Morgan fingerprint density at radius 1 is 1.36 bits per heavy atom. The molecule has 1 amide bonds. The van der Waals surface area contributed by atoms with Crippen LogP contribution in [0.25, 0.3) is 11.1 Å². The van der Waals surface area contributed by atoms with E-state index in [-0.39, 0.29) is 23.3 Å². The smallest absolute Gasteiger partial charge is 0.228 e. The standard InChI is InChI=1S/C19H18FN3OS/c1-4-5-12-6-13(11-22-10-12)14-7-15(25-18(14)20)19(2)8-16(21)23(3)17(24)9-19/h6-7,10-11,21H,8-9H2,1-3H3/t19-/m0/s1. The molecule has 0 spiro atoms. The molecule has 1 fully saturated rings. The first kappa shape index (κ1) is 17.3. The van der Waals surface area contributed by atoms with E-state index >= 15 is 0 Å². The van der Waals surface area contributed by atoms with Crippen molar-refractivity contribution in [1.82, 2.24) is 9.88 Å². The van der Waals surface area contributed by atoms with Crippen molar-refractivity contribution in [3.8, 4) is 23.0 Å². The molecule has 4 nitrogen and oxygen atoms in total. The molecule has 0 radical (unpaired) electrons. The average molecular weight is 355 g/mol. The molecule has 0 bridgehead atoms. The maximum absolute atomic E-state index is 14.6. The number of carbonyl (C=O) groups is 1. The fraction of sp³-hybridized carbons (Fsp3) is 0.316. The summed E-state index contributed by atoms with van der Waals surface area (Å²) in [7, 11) is 1.61. The molecule has 1 aliphatic rings. The lowest BCUT2D eigenvalue weighted by Gasteiger charge is -2.36. The van der Waals surface area contributed by atoms with Crippen LogP contribution in [0.5, 0.6) is 0 Å². The van der Waals surface area contributed by atoms with Gasteiger partial charge in [0, 0.05) is 59.3 Å². The first-order chi connectivity index (χ1) is 11.8. The van der Waals surface area contributed by atoms with Gasteiger partial charge in [-0.1, -0.05) is 12.8 Å². The number of halogens is 1. The quantitative estimate of drug-likeness (QED) is 0.833. The first-order valence-corrected chi connectivity index (χ1v) is 8.67. The summed E-state index contributed by atoms with van der Waals surface area (Å²) in [6, 6.07) is 3.59. The zero-order valence-corrected chi connectivity index (χ0v) is 15.1. The molecular weight excluding hydrogens is 337 g/mol. The lowest BCUT2D eigenvalue weighted by Crippen LogP contribution is -2.46. The topological polar surface area (TPSA) is 57.1 Å². The highest BCUT2D eigenvalue weighted by Gasteiger charge is 2.40. The molecule has 6 heteroatoms. The molecule has 128 valence electrons. The van der Waals surface area contributed by atoms with Crippen LogP contribution in [0.4, 0.5) is 4.39 Å². The van der Waals surface area contributed by atoms with E-state index < -0.39 is 5.41 Å². The third-order valence-electron chi connectivity index (χ3n) is 4.48. The number of carbonyl (C=O) groups excluding carboxylic acids is 1. The van der Waals surface area contributed by atoms with Crippen molar-refractivity contribution in [1.29, 1.82) is 5.41 Å². The van der Waals surface area contributed by atoms with E-state index in [1.54, 1.807) is 32.4 Å². The third-order valence-corrected chi connectivity index (χ3v) is 5.71. The van der Waals surface area contributed by atoms with E-state index in [1.165, 1.54) is 4.90 Å². The number of pyridine rings is 1. The molecule has 1 atom stereocenters. The minimum atomic E-state index is -0.557. The number of nitrogens with zero attached hydrogens (tertiary/aromatic N) is 2. The van der Waals surface area contributed by atoms with E-state index in [9.17, 15) is 9.18 Å². The summed E-state index contributed by atoms with van der Waals surface area (Å²) in [5, 5.41) is 7.71. The van der Waals surface area contributed by atoms with Crippen molar-refractivity contribution in [2.75, 3.05) is 7.05 Å². The number of amidine groups is 1. The highest BCUT2D eigenvalue weighted by molar-refractivity contribution is 7.11. The van der Waals surface area contributed by atoms with Crippen LogP contribution >= 0.6 is 11.3 Å². The maximum Gasteiger partial charge on any atom is 0.228 e. The van der Waals surface area contributed by atoms with Crippen LogP contribution in [0.2, 0.25) is 0 Å². The van der Waals surface area contributed by atoms with E-state index in [1.807, 2.05) is 13.0 Å². The number of rotatable bonds is 2. The zero-order chi connectivity index (χ0) is 18.2. The summed E-state index contributed by atoms with van der Waals surface area (Å²) in [4.78, 5) is 18.4. The number of amides is 1. The Hall–Kier alpha value is -2.52. The Morgan fingerprint density at radius 2 is 2.12 bits per heavy atom. The van der Waals surface area contributed by atoms with Crippen LogP contribution in [0.3, 0.4) is 0 Å². The predicted molar refractivity (Wildman–Crippen MR) is 97.1 cm³/mol. The molecular formula is C19H18FN3OS. The molecule has 1 aliphatic heterocycles. The Morgan fingerprint density at radius 3 is 2.80 bits per heavy atom. The van der Waals surface area contributed by atoms with Gasteiger partial charge in [-0.25, -0.2) is 0 Å². The third kappa shape index (κ3) is 3.20. The van der Waals surface area contributed by atoms with E-state index in [0.717, 1.165) is 21.8 Å². The number of nitrogens with one attached hydrogen (secondary N) is 1. The SMILES string of the molecule is CC#Cc1cncc(-c2cc([C@@]3(C)CC(=N)N(C)C(=O)C3)sc2F)c1. The summed E-state index contributed by atoms with van der Waals surface area (Å²) in [5.74, 6) is 5.87. The number of hydrogen-bond donors (Lipinski definition) is 1. The van der Waals surface area contributed by atoms with Gasteiger partial charge < -0.3 is 4.90 Å². The minimum Gasteiger partial charge on any atom is -0.304 e. The summed E-state index contributed by atoms with van der Waals surface area (Å²) in [6.07, 6.45) is 3.93. The summed E-state index contributed by atoms with van der Waals surface area (Å²) >= 11 is 1.04. The van der Waals surface area contributed by atoms with E-state index in [4.69, 9.17) is 5.41 Å². The van der Waals surface area contributed by atoms with Crippen molar-refractivity contribution in [3.63, 3.8) is 0 Å². The number of thiophene rings is 1. The molecule has 3 heterocycles. The van der Waals surface area contributed by atoms with Gasteiger partial charge >= 0.3 is 0 Å². The molecule has 3 rings (SSSR count). The maximum atomic E-state index is 14.6. The monoisotopic (exact) mass is 355 g/mol. The van der Waals surface area contributed by atoms with Crippen LogP contribution in [0, 0.1) is 22.4 Å². The highest BCUT2D eigenvalue weighted by atomic mass is 32.1. The number of aromatic nitrogens is 1. The predicted octanol–water partition coefficient (Wildman–Crippen LogP) is 3.81. The number of hydrogen-bond acceptors (Lipinski definition) is 4. The van der Waals surface area contributed by atoms with Crippen LogP contribution in [0.1, 0.15) is 37.1 Å². The van der Waals surface area contributed by atoms with Crippen LogP contribution < -0.4 is 0 Å². The lowest BCUT2D eigenvalue weighted by atomic mass is 9.78. The van der Waals surface area contributed by atoms with Gasteiger partial charge in [-0.2, -0.15) is 4.39 Å². The second-order valence-corrected chi connectivity index (χ2v) is 7.45. The van der Waals surface area contributed by atoms with Gasteiger partial charge in [-0.3, -0.25) is 15.2 Å². The molecule has 2 aromatic heterocycles. The molecule has 0 aliphatic carbocycles. The Bertz CT molecular complexity index is 904. The van der Waals surface area contributed by atoms with Crippen molar-refractivity contribution < 1.29 is 9.18 Å². The summed E-state index contributed by atoms with van der Waals surface area (Å²) in [6.45, 7) is 3.65. The van der Waals surface area contributed by atoms with Crippen LogP contribution in [-0.4, -0.2) is 28.7 Å². The van der Waals surface area contributed by atoms with Crippen molar-refractivity contribution in [3.05, 3.63) is 40.1 Å². The largest absolute Gasteiger partial charge is 0.304 e. The molecule has 2 aromatic rings. The summed E-state index contributed by atoms with van der Waals surface area (Å²) in [5.41, 5.74) is 1.30. The average Bonchev–Trinajstić information content (AvgIpc) is 2.96. The highest BCUT2D eigenvalue weighted by Crippen LogP contribution is 2.42. The van der Waals surface area contributed by atoms with Crippen LogP contribution in [-0.2, 0) is 10.2 Å². The van der Waals surface area contributed by atoms with Crippen molar-refractivity contribution in [2.24, 2.45) is 0 Å². The second-order valence-electron chi connectivity index (χ2n) is 6.45. The van der Waals surface area contributed by atoms with Crippen molar-refractivity contribution in [2.45, 2.75) is 32.1 Å². The molecule has 25 heavy (non-hydrogen) atoms. The lowest BCUT2D eigenvalue weighted by molar-refractivity contribution is -0.128. The molecule has 1 N–H and O–H groups in total. The zero-order valence-electron chi connectivity index (χ0n) is 14.3. The number of likely N-dealkylation sites (tertiary alicyclic amines) is 1. The van der Waals surface area contributed by atoms with Gasteiger partial charge in [0.2, 0.25) is 5.91 Å². The molecule has 0 aromatic carbocycles. The summed E-state index contributed by atoms with van der Waals surface area (Å²) < 4.78 is 14.6. The fourth-order valence-corrected chi connectivity index (χ4v) is 4.04. The van der Waals surface area contributed by atoms with E-state index in [0.29, 0.717) is 17.5 Å². The van der Waals surface area contributed by atoms with E-state index in [2.05, 4.69) is 16.8 Å². The molecule has 0 saturated carbocycles. The Labute approximate surface area is 150 Å². The minimum absolute atomic E-state index is 0.115. The van der Waals surface area contributed by atoms with Crippen LogP contribution in [0.15, 0.2) is 24.5 Å². The van der Waals surface area contributed by atoms with Crippen molar-refractivity contribution >= 4 is 23.1 Å². The van der Waals surface area contributed by atoms with Gasteiger partial charge in [0.25, 0.3) is 0 Å². The Balaban J connectivity index is 2.00. The molecule has 1 saturated heterocycles. The fourth-order valence-electron chi connectivity index (χ4n) is 2.99. The van der Waals surface area contributed by atoms with Gasteiger partial charge in [0.15, 0.2) is 5.13 Å².